The Hall–Kier alpha value is -2.18. The van der Waals surface area contributed by atoms with Crippen molar-refractivity contribution >= 4 is 0 Å². The van der Waals surface area contributed by atoms with Crippen LogP contribution in [0.3, 0.4) is 0 Å². The molecule has 2 aromatic carbocycles. The highest BCUT2D eigenvalue weighted by molar-refractivity contribution is 5.34. The zero-order valence-corrected chi connectivity index (χ0v) is 12.5. The molecule has 0 spiro atoms. The molecular formula is C19H19FN2. The van der Waals surface area contributed by atoms with E-state index < -0.39 is 5.41 Å². The maximum atomic E-state index is 14.1. The van der Waals surface area contributed by atoms with Crippen LogP contribution in [0.5, 0.6) is 0 Å². The second kappa shape index (κ2) is 6.29. The molecule has 0 N–H and O–H groups in total. The van der Waals surface area contributed by atoms with Crippen molar-refractivity contribution in [2.75, 3.05) is 13.1 Å². The van der Waals surface area contributed by atoms with Gasteiger partial charge in [0, 0.05) is 25.2 Å². The molecule has 2 aromatic rings. The van der Waals surface area contributed by atoms with Gasteiger partial charge in [-0.05, 0) is 24.5 Å². The van der Waals surface area contributed by atoms with Gasteiger partial charge in [-0.15, -0.1) is 0 Å². The third-order valence-electron chi connectivity index (χ3n) is 4.56. The first-order chi connectivity index (χ1) is 10.7. The summed E-state index contributed by atoms with van der Waals surface area (Å²) in [6.45, 7) is 2.52. The van der Waals surface area contributed by atoms with E-state index in [9.17, 15) is 9.65 Å². The van der Waals surface area contributed by atoms with Crippen molar-refractivity contribution in [3.8, 4) is 6.07 Å². The smallest absolute Gasteiger partial charge is 0.128 e. The standard InChI is InChI=1S/C19H19FN2/c20-18-9-5-4-8-17(18)19(15-21)10-12-22(13-11-19)14-16-6-2-1-3-7-16/h1-9H,10-14H2. The molecular weight excluding hydrogens is 275 g/mol. The minimum atomic E-state index is -0.682. The van der Waals surface area contributed by atoms with Gasteiger partial charge in [0.05, 0.1) is 11.5 Å². The van der Waals surface area contributed by atoms with Gasteiger partial charge in [0.15, 0.2) is 0 Å². The number of hydrogen-bond acceptors (Lipinski definition) is 2. The molecule has 22 heavy (non-hydrogen) atoms. The van der Waals surface area contributed by atoms with Crippen molar-refractivity contribution < 1.29 is 4.39 Å². The molecule has 0 unspecified atom stereocenters. The Morgan fingerprint density at radius 1 is 1.00 bits per heavy atom. The quantitative estimate of drug-likeness (QED) is 0.859. The van der Waals surface area contributed by atoms with Crippen LogP contribution in [0.1, 0.15) is 24.0 Å². The molecule has 0 amide bonds. The molecule has 0 saturated carbocycles. The van der Waals surface area contributed by atoms with Crippen molar-refractivity contribution in [2.45, 2.75) is 24.8 Å². The van der Waals surface area contributed by atoms with Crippen molar-refractivity contribution in [1.82, 2.24) is 4.90 Å². The topological polar surface area (TPSA) is 27.0 Å². The molecule has 1 aliphatic heterocycles. The van der Waals surface area contributed by atoms with E-state index in [2.05, 4.69) is 23.1 Å². The van der Waals surface area contributed by atoms with Gasteiger partial charge in [-0.1, -0.05) is 48.5 Å². The Kier molecular flexibility index (Phi) is 4.22. The van der Waals surface area contributed by atoms with Gasteiger partial charge in [-0.2, -0.15) is 5.26 Å². The van der Waals surface area contributed by atoms with Gasteiger partial charge in [-0.25, -0.2) is 4.39 Å². The lowest BCUT2D eigenvalue weighted by Gasteiger charge is -2.37. The summed E-state index contributed by atoms with van der Waals surface area (Å²) >= 11 is 0. The molecule has 0 radical (unpaired) electrons. The Morgan fingerprint density at radius 2 is 1.64 bits per heavy atom. The highest BCUT2D eigenvalue weighted by atomic mass is 19.1. The van der Waals surface area contributed by atoms with E-state index in [-0.39, 0.29) is 5.82 Å². The van der Waals surface area contributed by atoms with Crippen LogP contribution < -0.4 is 0 Å². The minimum Gasteiger partial charge on any atom is -0.299 e. The normalized spacial score (nSPS) is 17.8. The molecule has 1 fully saturated rings. The first-order valence-electron chi connectivity index (χ1n) is 7.66. The number of likely N-dealkylation sites (tertiary alicyclic amines) is 1. The summed E-state index contributed by atoms with van der Waals surface area (Å²) in [7, 11) is 0. The minimum absolute atomic E-state index is 0.263. The fourth-order valence-corrected chi connectivity index (χ4v) is 3.23. The Bertz CT molecular complexity index is 667. The second-order valence-electron chi connectivity index (χ2n) is 5.94. The van der Waals surface area contributed by atoms with Crippen molar-refractivity contribution in [3.63, 3.8) is 0 Å². The molecule has 1 saturated heterocycles. The Balaban J connectivity index is 1.72. The van der Waals surface area contributed by atoms with Gasteiger partial charge in [0.2, 0.25) is 0 Å². The van der Waals surface area contributed by atoms with Gasteiger partial charge >= 0.3 is 0 Å². The van der Waals surface area contributed by atoms with Crippen LogP contribution in [0.4, 0.5) is 4.39 Å². The summed E-state index contributed by atoms with van der Waals surface area (Å²) in [5.74, 6) is -0.263. The van der Waals surface area contributed by atoms with E-state index in [1.165, 1.54) is 11.6 Å². The lowest BCUT2D eigenvalue weighted by Crippen LogP contribution is -2.41. The SMILES string of the molecule is N#CC1(c2ccccc2F)CCN(Cc2ccccc2)CC1. The zero-order chi connectivity index (χ0) is 15.4. The molecule has 0 aliphatic carbocycles. The molecule has 0 bridgehead atoms. The van der Waals surface area contributed by atoms with Crippen LogP contribution in [-0.2, 0) is 12.0 Å². The Labute approximate surface area is 130 Å². The zero-order valence-electron chi connectivity index (χ0n) is 12.5. The molecule has 2 nitrogen and oxygen atoms in total. The van der Waals surface area contributed by atoms with E-state index in [1.54, 1.807) is 12.1 Å². The van der Waals surface area contributed by atoms with Crippen molar-refractivity contribution in [1.29, 1.82) is 5.26 Å². The highest BCUT2D eigenvalue weighted by Gasteiger charge is 2.38. The number of nitrogens with zero attached hydrogens (tertiary/aromatic N) is 2. The van der Waals surface area contributed by atoms with Gasteiger partial charge in [0.25, 0.3) is 0 Å². The third kappa shape index (κ3) is 2.88. The Morgan fingerprint density at radius 3 is 2.27 bits per heavy atom. The maximum Gasteiger partial charge on any atom is 0.128 e. The fraction of sp³-hybridized carbons (Fsp3) is 0.316. The summed E-state index contributed by atoms with van der Waals surface area (Å²) in [5.41, 5.74) is 1.15. The van der Waals surface area contributed by atoms with E-state index in [4.69, 9.17) is 0 Å². The van der Waals surface area contributed by atoms with Gasteiger partial charge < -0.3 is 0 Å². The number of rotatable bonds is 3. The average molecular weight is 294 g/mol. The lowest BCUT2D eigenvalue weighted by molar-refractivity contribution is 0.177. The predicted molar refractivity (Wildman–Crippen MR) is 84.6 cm³/mol. The van der Waals surface area contributed by atoms with Gasteiger partial charge in [-0.3, -0.25) is 4.90 Å². The van der Waals surface area contributed by atoms with E-state index in [1.807, 2.05) is 24.3 Å². The highest BCUT2D eigenvalue weighted by Crippen LogP contribution is 2.36. The lowest BCUT2D eigenvalue weighted by atomic mass is 9.74. The predicted octanol–water partition coefficient (Wildman–Crippen LogP) is 3.88. The molecule has 1 heterocycles. The van der Waals surface area contributed by atoms with Crippen molar-refractivity contribution in [3.05, 3.63) is 71.5 Å². The van der Waals surface area contributed by atoms with E-state index in [0.29, 0.717) is 18.4 Å². The van der Waals surface area contributed by atoms with E-state index >= 15 is 0 Å². The van der Waals surface area contributed by atoms with Crippen LogP contribution in [0.15, 0.2) is 54.6 Å². The number of benzene rings is 2. The van der Waals surface area contributed by atoms with Crippen LogP contribution in [-0.4, -0.2) is 18.0 Å². The largest absolute Gasteiger partial charge is 0.299 e. The second-order valence-corrected chi connectivity index (χ2v) is 5.94. The number of nitriles is 1. The molecule has 0 aromatic heterocycles. The monoisotopic (exact) mass is 294 g/mol. The number of hydrogen-bond donors (Lipinski definition) is 0. The molecule has 3 heteroatoms. The number of piperidine rings is 1. The molecule has 112 valence electrons. The number of halogens is 1. The van der Waals surface area contributed by atoms with Crippen LogP contribution in [0.25, 0.3) is 0 Å². The summed E-state index contributed by atoms with van der Waals surface area (Å²) in [6, 6.07) is 19.4. The summed E-state index contributed by atoms with van der Waals surface area (Å²) in [4.78, 5) is 2.34. The first kappa shape index (κ1) is 14.7. The van der Waals surface area contributed by atoms with E-state index in [0.717, 1.165) is 19.6 Å². The molecule has 1 aliphatic rings. The van der Waals surface area contributed by atoms with Crippen molar-refractivity contribution in [2.24, 2.45) is 0 Å². The van der Waals surface area contributed by atoms with Gasteiger partial charge in [0.1, 0.15) is 5.82 Å². The maximum absolute atomic E-state index is 14.1. The van der Waals surface area contributed by atoms with Crippen LogP contribution in [0.2, 0.25) is 0 Å². The summed E-state index contributed by atoms with van der Waals surface area (Å²) in [5, 5.41) is 9.66. The first-order valence-corrected chi connectivity index (χ1v) is 7.66. The van der Waals surface area contributed by atoms with Crippen LogP contribution >= 0.6 is 0 Å². The van der Waals surface area contributed by atoms with Crippen LogP contribution in [0, 0.1) is 17.1 Å². The fourth-order valence-electron chi connectivity index (χ4n) is 3.23. The molecule has 0 atom stereocenters. The summed E-state index contributed by atoms with van der Waals surface area (Å²) < 4.78 is 14.1. The third-order valence-corrected chi connectivity index (χ3v) is 4.56. The summed E-state index contributed by atoms with van der Waals surface area (Å²) in [6.07, 6.45) is 1.36. The average Bonchev–Trinajstić information content (AvgIpc) is 2.57. The molecule has 3 rings (SSSR count).